The maximum atomic E-state index is 14.8. The number of benzene rings is 2. The number of carbonyl (C=O) groups is 3. The average molecular weight is 504 g/mol. The van der Waals surface area contributed by atoms with Crippen LogP contribution in [0.1, 0.15) is 22.8 Å². The number of methoxy groups -OCH3 is 1. The van der Waals surface area contributed by atoms with Gasteiger partial charge >= 0.3 is 0 Å². The molecular weight excluding hydrogens is 480 g/mol. The summed E-state index contributed by atoms with van der Waals surface area (Å²) >= 11 is 5.79. The maximum absolute atomic E-state index is 14.8. The Hall–Kier alpha value is -3.30. The molecule has 1 saturated heterocycles. The van der Waals surface area contributed by atoms with Crippen LogP contribution in [0.25, 0.3) is 10.9 Å². The molecule has 1 aromatic heterocycles. The Bertz CT molecular complexity index is 1290. The number of alkyl halides is 1. The first-order chi connectivity index (χ1) is 16.7. The third-order valence-corrected chi connectivity index (χ3v) is 6.49. The lowest BCUT2D eigenvalue weighted by molar-refractivity contribution is -0.141. The van der Waals surface area contributed by atoms with E-state index in [1.165, 1.54) is 26.2 Å². The van der Waals surface area contributed by atoms with Crippen LogP contribution in [0.15, 0.2) is 48.7 Å². The third-order valence-electron chi connectivity index (χ3n) is 6.19. The normalized spacial score (nSPS) is 19.8. The molecule has 1 fully saturated rings. The highest BCUT2D eigenvalue weighted by Gasteiger charge is 2.48. The number of nitrogens with one attached hydrogen (secondary N) is 1. The number of ether oxygens (including phenoxy) is 1. The number of carbonyl (C=O) groups excluding carboxylic acids is 3. The molecule has 10 heteroatoms. The van der Waals surface area contributed by atoms with Crippen molar-refractivity contribution < 1.29 is 27.9 Å². The number of amides is 2. The molecule has 3 aromatic rings. The van der Waals surface area contributed by atoms with Crippen molar-refractivity contribution in [2.75, 3.05) is 13.7 Å². The zero-order valence-corrected chi connectivity index (χ0v) is 19.9. The van der Waals surface area contributed by atoms with E-state index in [1.54, 1.807) is 41.1 Å². The highest BCUT2D eigenvalue weighted by atomic mass is 35.5. The van der Waals surface area contributed by atoms with Crippen LogP contribution in [0.5, 0.6) is 0 Å². The van der Waals surface area contributed by atoms with E-state index < -0.39 is 35.9 Å². The zero-order chi connectivity index (χ0) is 25.3. The number of Topliss-reactive ketones (excluding diaryl/α,β-unsaturated/α-hetero) is 1. The lowest BCUT2D eigenvalue weighted by Gasteiger charge is -2.26. The molecule has 1 aliphatic rings. The highest BCUT2D eigenvalue weighted by Crippen LogP contribution is 2.27. The van der Waals surface area contributed by atoms with Crippen LogP contribution in [0.2, 0.25) is 5.02 Å². The Balaban J connectivity index is 1.56. The summed E-state index contributed by atoms with van der Waals surface area (Å²) in [5.74, 6) is -2.01. The second kappa shape index (κ2) is 10.1. The molecule has 0 spiro atoms. The van der Waals surface area contributed by atoms with Crippen LogP contribution < -0.4 is 5.32 Å². The summed E-state index contributed by atoms with van der Waals surface area (Å²) in [6.07, 6.45) is -1.19. The first-order valence-corrected chi connectivity index (χ1v) is 11.4. The molecule has 3 atom stereocenters. The second-order valence-corrected chi connectivity index (χ2v) is 8.79. The van der Waals surface area contributed by atoms with Crippen molar-refractivity contribution >= 4 is 40.1 Å². The number of fused-ring (bicyclic) bond motifs is 1. The second-order valence-electron chi connectivity index (χ2n) is 8.38. The molecule has 2 aromatic carbocycles. The number of aromatic nitrogens is 1. The predicted molar refractivity (Wildman–Crippen MR) is 126 cm³/mol. The fourth-order valence-electron chi connectivity index (χ4n) is 4.47. The van der Waals surface area contributed by atoms with Crippen molar-refractivity contribution in [1.82, 2.24) is 14.8 Å². The minimum absolute atomic E-state index is 0.0862. The van der Waals surface area contributed by atoms with Gasteiger partial charge in [-0.15, -0.1) is 0 Å². The maximum Gasteiger partial charge on any atom is 0.245 e. The highest BCUT2D eigenvalue weighted by molar-refractivity contribution is 6.30. The average Bonchev–Trinajstić information content (AvgIpc) is 3.37. The van der Waals surface area contributed by atoms with Crippen molar-refractivity contribution in [1.29, 1.82) is 0 Å². The molecular formula is C25H24ClF2N3O4. The predicted octanol–water partition coefficient (Wildman–Crippen LogP) is 3.52. The topological polar surface area (TPSA) is 80.6 Å². The van der Waals surface area contributed by atoms with E-state index in [2.05, 4.69) is 5.32 Å². The van der Waals surface area contributed by atoms with Gasteiger partial charge in [0, 0.05) is 41.9 Å². The number of hydrogen-bond donors (Lipinski definition) is 1. The minimum atomic E-state index is -1.59. The van der Waals surface area contributed by atoms with Gasteiger partial charge in [0.15, 0.2) is 5.78 Å². The summed E-state index contributed by atoms with van der Waals surface area (Å²) in [6, 6.07) is 10.3. The Kier molecular flexibility index (Phi) is 7.18. The molecule has 4 rings (SSSR count). The summed E-state index contributed by atoms with van der Waals surface area (Å²) < 4.78 is 35.8. The van der Waals surface area contributed by atoms with Gasteiger partial charge in [0.1, 0.15) is 30.7 Å². The number of halogens is 3. The fourth-order valence-corrected chi connectivity index (χ4v) is 4.67. The van der Waals surface area contributed by atoms with Crippen LogP contribution in [-0.4, -0.2) is 59.0 Å². The third kappa shape index (κ3) is 4.78. The van der Waals surface area contributed by atoms with Crippen LogP contribution in [0, 0.1) is 5.82 Å². The molecule has 0 radical (unpaired) electrons. The van der Waals surface area contributed by atoms with E-state index in [9.17, 15) is 23.2 Å². The van der Waals surface area contributed by atoms with Gasteiger partial charge in [-0.3, -0.25) is 14.4 Å². The van der Waals surface area contributed by atoms with E-state index in [0.717, 1.165) is 4.90 Å². The van der Waals surface area contributed by atoms with Crippen molar-refractivity contribution in [3.05, 3.63) is 70.6 Å². The van der Waals surface area contributed by atoms with E-state index in [0.29, 0.717) is 16.5 Å². The minimum Gasteiger partial charge on any atom is -0.376 e. The number of para-hydroxylation sites is 1. The van der Waals surface area contributed by atoms with E-state index in [1.807, 2.05) is 0 Å². The summed E-state index contributed by atoms with van der Waals surface area (Å²) in [7, 11) is 1.26. The molecule has 0 aliphatic carbocycles. The molecule has 2 amide bonds. The SMILES string of the molecule is CO[C@H]1[C@@H](C(=O)NCc2cccc(Cl)c2F)N(C(=O)Cn2cc(C(C)=O)c3ccccc32)C[C@@H]1F. The first kappa shape index (κ1) is 24.8. The number of likely N-dealkylation sites (tertiary alicyclic amines) is 1. The van der Waals surface area contributed by atoms with Gasteiger partial charge in [-0.2, -0.15) is 0 Å². The van der Waals surface area contributed by atoms with Gasteiger partial charge in [0.05, 0.1) is 11.6 Å². The Morgan fingerprint density at radius 2 is 1.91 bits per heavy atom. The van der Waals surface area contributed by atoms with E-state index >= 15 is 0 Å². The van der Waals surface area contributed by atoms with E-state index in [-0.39, 0.29) is 36.0 Å². The lowest BCUT2D eigenvalue weighted by atomic mass is 10.1. The Morgan fingerprint density at radius 1 is 1.17 bits per heavy atom. The van der Waals surface area contributed by atoms with Crippen LogP contribution in [0.4, 0.5) is 8.78 Å². The standard InChI is InChI=1S/C25H24ClF2N3O4/c1-14(32)17-11-30(20-9-4-3-7-16(17)20)13-21(33)31-12-19(27)24(35-2)23(31)25(34)29-10-15-6-5-8-18(26)22(15)28/h3-9,11,19,23-24H,10,12-13H2,1-2H3,(H,29,34)/t19-,23-,24+/m0/s1. The lowest BCUT2D eigenvalue weighted by Crippen LogP contribution is -2.51. The number of nitrogens with zero attached hydrogens (tertiary/aromatic N) is 2. The van der Waals surface area contributed by atoms with Gasteiger partial charge in [0.25, 0.3) is 0 Å². The molecule has 1 N–H and O–H groups in total. The summed E-state index contributed by atoms with van der Waals surface area (Å²) in [5.41, 5.74) is 1.29. The monoisotopic (exact) mass is 503 g/mol. The molecule has 7 nitrogen and oxygen atoms in total. The zero-order valence-electron chi connectivity index (χ0n) is 19.1. The molecule has 0 unspecified atom stereocenters. The van der Waals surface area contributed by atoms with Gasteiger partial charge in [0.2, 0.25) is 11.8 Å². The van der Waals surface area contributed by atoms with Crippen LogP contribution in [0.3, 0.4) is 0 Å². The number of rotatable bonds is 7. The molecule has 35 heavy (non-hydrogen) atoms. The first-order valence-electron chi connectivity index (χ1n) is 11.0. The van der Waals surface area contributed by atoms with Crippen molar-refractivity contribution in [2.45, 2.75) is 38.3 Å². The van der Waals surface area contributed by atoms with Crippen LogP contribution >= 0.6 is 11.6 Å². The number of ketones is 1. The summed E-state index contributed by atoms with van der Waals surface area (Å²) in [5, 5.41) is 3.17. The van der Waals surface area contributed by atoms with Crippen molar-refractivity contribution in [3.8, 4) is 0 Å². The van der Waals surface area contributed by atoms with Crippen molar-refractivity contribution in [3.63, 3.8) is 0 Å². The molecule has 2 heterocycles. The van der Waals surface area contributed by atoms with Crippen LogP contribution in [-0.2, 0) is 27.4 Å². The van der Waals surface area contributed by atoms with E-state index in [4.69, 9.17) is 16.3 Å². The summed E-state index contributed by atoms with van der Waals surface area (Å²) in [6.45, 7) is 0.707. The van der Waals surface area contributed by atoms with Gasteiger partial charge in [-0.05, 0) is 19.1 Å². The fraction of sp³-hybridized carbons (Fsp3) is 0.320. The molecule has 0 saturated carbocycles. The Labute approximate surface area is 205 Å². The largest absolute Gasteiger partial charge is 0.376 e. The number of hydrogen-bond acceptors (Lipinski definition) is 4. The summed E-state index contributed by atoms with van der Waals surface area (Å²) in [4.78, 5) is 39.5. The molecule has 0 bridgehead atoms. The van der Waals surface area contributed by atoms with Crippen molar-refractivity contribution in [2.24, 2.45) is 0 Å². The molecule has 1 aliphatic heterocycles. The van der Waals surface area contributed by atoms with Gasteiger partial charge in [-0.25, -0.2) is 8.78 Å². The Morgan fingerprint density at radius 3 is 2.63 bits per heavy atom. The van der Waals surface area contributed by atoms with Gasteiger partial charge < -0.3 is 19.5 Å². The van der Waals surface area contributed by atoms with Gasteiger partial charge in [-0.1, -0.05) is 41.9 Å². The quantitative estimate of drug-likeness (QED) is 0.500. The smallest absolute Gasteiger partial charge is 0.245 e. The molecule has 184 valence electrons.